The lowest BCUT2D eigenvalue weighted by atomic mass is 10.0. The van der Waals surface area contributed by atoms with Crippen molar-refractivity contribution in [2.24, 2.45) is 5.92 Å². The average Bonchev–Trinajstić information content (AvgIpc) is 2.94. The van der Waals surface area contributed by atoms with Crippen molar-refractivity contribution in [3.63, 3.8) is 0 Å². The molecule has 2 rings (SSSR count). The maximum Gasteiger partial charge on any atom is 0.250 e. The second-order valence-electron chi connectivity index (χ2n) is 5.19. The fourth-order valence-electron chi connectivity index (χ4n) is 2.21. The van der Waals surface area contributed by atoms with E-state index < -0.39 is 10.0 Å². The van der Waals surface area contributed by atoms with E-state index in [9.17, 15) is 13.2 Å². The van der Waals surface area contributed by atoms with Gasteiger partial charge in [0.05, 0.1) is 6.54 Å². The quantitative estimate of drug-likeness (QED) is 0.715. The third kappa shape index (κ3) is 5.06. The van der Waals surface area contributed by atoms with E-state index in [0.29, 0.717) is 23.2 Å². The number of rotatable bonds is 6. The van der Waals surface area contributed by atoms with Crippen LogP contribution in [0.15, 0.2) is 16.3 Å². The maximum atomic E-state index is 12.2. The number of hydrogen-bond acceptors (Lipinski definition) is 5. The van der Waals surface area contributed by atoms with E-state index in [-0.39, 0.29) is 5.91 Å². The van der Waals surface area contributed by atoms with Crippen LogP contribution in [0.4, 0.5) is 0 Å². The standard InChI is InChI=1S/C13H21N3O3S2/c1-10(17)15-9-12-4-5-13(20-12)21(18,19)16-8-11-3-2-6-14-7-11/h4-5,11,14,16H,2-3,6-9H2,1H3,(H,15,17). The van der Waals surface area contributed by atoms with Gasteiger partial charge < -0.3 is 10.6 Å². The van der Waals surface area contributed by atoms with Crippen LogP contribution >= 0.6 is 11.3 Å². The summed E-state index contributed by atoms with van der Waals surface area (Å²) in [6.07, 6.45) is 2.14. The Bertz CT molecular complexity index is 577. The Labute approximate surface area is 129 Å². The van der Waals surface area contributed by atoms with Gasteiger partial charge in [-0.1, -0.05) is 0 Å². The lowest BCUT2D eigenvalue weighted by Gasteiger charge is -2.22. The minimum absolute atomic E-state index is 0.129. The normalized spacial score (nSPS) is 19.4. The number of carbonyl (C=O) groups is 1. The Morgan fingerprint density at radius 2 is 2.29 bits per heavy atom. The van der Waals surface area contributed by atoms with E-state index in [1.54, 1.807) is 12.1 Å². The van der Waals surface area contributed by atoms with E-state index in [1.807, 2.05) is 0 Å². The molecular weight excluding hydrogens is 310 g/mol. The van der Waals surface area contributed by atoms with E-state index >= 15 is 0 Å². The van der Waals surface area contributed by atoms with Crippen molar-refractivity contribution in [3.8, 4) is 0 Å². The van der Waals surface area contributed by atoms with Gasteiger partial charge in [0.2, 0.25) is 15.9 Å². The second-order valence-corrected chi connectivity index (χ2v) is 8.36. The van der Waals surface area contributed by atoms with Gasteiger partial charge in [-0.25, -0.2) is 13.1 Å². The van der Waals surface area contributed by atoms with Crippen LogP contribution in [0, 0.1) is 5.92 Å². The van der Waals surface area contributed by atoms with E-state index in [1.165, 1.54) is 18.3 Å². The Morgan fingerprint density at radius 3 is 2.95 bits per heavy atom. The van der Waals surface area contributed by atoms with Gasteiger partial charge >= 0.3 is 0 Å². The summed E-state index contributed by atoms with van der Waals surface area (Å²) in [6, 6.07) is 3.32. The summed E-state index contributed by atoms with van der Waals surface area (Å²) in [4.78, 5) is 11.7. The van der Waals surface area contributed by atoms with Crippen molar-refractivity contribution in [3.05, 3.63) is 17.0 Å². The molecule has 1 amide bonds. The summed E-state index contributed by atoms with van der Waals surface area (Å²) >= 11 is 1.19. The van der Waals surface area contributed by atoms with Crippen molar-refractivity contribution in [2.75, 3.05) is 19.6 Å². The number of amides is 1. The molecule has 21 heavy (non-hydrogen) atoms. The fourth-order valence-corrected chi connectivity index (χ4v) is 4.66. The summed E-state index contributed by atoms with van der Waals surface area (Å²) < 4.78 is 27.4. The van der Waals surface area contributed by atoms with Gasteiger partial charge in [-0.15, -0.1) is 11.3 Å². The van der Waals surface area contributed by atoms with E-state index in [0.717, 1.165) is 30.8 Å². The highest BCUT2D eigenvalue weighted by Gasteiger charge is 2.20. The Morgan fingerprint density at radius 1 is 1.48 bits per heavy atom. The Kier molecular flexibility index (Phi) is 5.74. The first-order chi connectivity index (χ1) is 9.97. The van der Waals surface area contributed by atoms with Crippen molar-refractivity contribution >= 4 is 27.3 Å². The molecule has 1 fully saturated rings. The monoisotopic (exact) mass is 331 g/mol. The molecule has 1 saturated heterocycles. The largest absolute Gasteiger partial charge is 0.351 e. The molecule has 6 nitrogen and oxygen atoms in total. The zero-order valence-electron chi connectivity index (χ0n) is 12.0. The van der Waals surface area contributed by atoms with Crippen molar-refractivity contribution < 1.29 is 13.2 Å². The summed E-state index contributed by atoms with van der Waals surface area (Å²) in [5.74, 6) is 0.225. The van der Waals surface area contributed by atoms with Crippen LogP contribution in [0.1, 0.15) is 24.6 Å². The highest BCUT2D eigenvalue weighted by atomic mass is 32.2. The van der Waals surface area contributed by atoms with Crippen molar-refractivity contribution in [1.82, 2.24) is 15.4 Å². The van der Waals surface area contributed by atoms with Crippen LogP contribution in [0.5, 0.6) is 0 Å². The van der Waals surface area contributed by atoms with Crippen LogP contribution in [0.2, 0.25) is 0 Å². The second kappa shape index (κ2) is 7.35. The highest BCUT2D eigenvalue weighted by molar-refractivity contribution is 7.91. The summed E-state index contributed by atoms with van der Waals surface area (Å²) in [7, 11) is -3.45. The average molecular weight is 331 g/mol. The fraction of sp³-hybridized carbons (Fsp3) is 0.615. The number of hydrogen-bond donors (Lipinski definition) is 3. The van der Waals surface area contributed by atoms with E-state index in [4.69, 9.17) is 0 Å². The molecule has 1 aromatic heterocycles. The number of carbonyl (C=O) groups excluding carboxylic acids is 1. The Hall–Kier alpha value is -0.960. The highest BCUT2D eigenvalue weighted by Crippen LogP contribution is 2.21. The third-order valence-corrected chi connectivity index (χ3v) is 6.38. The van der Waals surface area contributed by atoms with Crippen LogP contribution in [0.3, 0.4) is 0 Å². The molecule has 1 unspecified atom stereocenters. The molecule has 0 bridgehead atoms. The molecule has 1 aliphatic rings. The number of thiophene rings is 1. The van der Waals surface area contributed by atoms with E-state index in [2.05, 4.69) is 15.4 Å². The molecule has 0 aromatic carbocycles. The van der Waals surface area contributed by atoms with Gasteiger partial charge in [-0.2, -0.15) is 0 Å². The zero-order chi connectivity index (χ0) is 15.3. The maximum absolute atomic E-state index is 12.2. The third-order valence-electron chi connectivity index (χ3n) is 3.37. The molecule has 0 aliphatic carbocycles. The van der Waals surface area contributed by atoms with Crippen LogP contribution < -0.4 is 15.4 Å². The number of nitrogens with one attached hydrogen (secondary N) is 3. The summed E-state index contributed by atoms with van der Waals surface area (Å²) in [5.41, 5.74) is 0. The first-order valence-corrected chi connectivity index (χ1v) is 9.31. The lowest BCUT2D eigenvalue weighted by molar-refractivity contribution is -0.119. The van der Waals surface area contributed by atoms with Gasteiger partial charge in [-0.05, 0) is 44.0 Å². The molecule has 2 heterocycles. The topological polar surface area (TPSA) is 87.3 Å². The molecular formula is C13H21N3O3S2. The van der Waals surface area contributed by atoms with Crippen molar-refractivity contribution in [1.29, 1.82) is 0 Å². The smallest absolute Gasteiger partial charge is 0.250 e. The van der Waals surface area contributed by atoms with Gasteiger partial charge in [0, 0.05) is 18.3 Å². The molecule has 8 heteroatoms. The molecule has 0 saturated carbocycles. The predicted octanol–water partition coefficient (Wildman–Crippen LogP) is 0.662. The molecule has 118 valence electrons. The van der Waals surface area contributed by atoms with Crippen LogP contribution in [-0.2, 0) is 21.4 Å². The summed E-state index contributed by atoms with van der Waals surface area (Å²) in [5, 5.41) is 5.93. The van der Waals surface area contributed by atoms with Gasteiger partial charge in [0.25, 0.3) is 0 Å². The molecule has 1 aromatic rings. The van der Waals surface area contributed by atoms with Crippen molar-refractivity contribution in [2.45, 2.75) is 30.5 Å². The van der Waals surface area contributed by atoms with Crippen LogP contribution in [0.25, 0.3) is 0 Å². The minimum Gasteiger partial charge on any atom is -0.351 e. The zero-order valence-corrected chi connectivity index (χ0v) is 13.6. The molecule has 3 N–H and O–H groups in total. The Balaban J connectivity index is 1.90. The molecule has 1 aliphatic heterocycles. The molecule has 1 atom stereocenters. The first-order valence-electron chi connectivity index (χ1n) is 7.01. The van der Waals surface area contributed by atoms with Gasteiger partial charge in [-0.3, -0.25) is 4.79 Å². The predicted molar refractivity (Wildman–Crippen MR) is 82.6 cm³/mol. The minimum atomic E-state index is -3.45. The lowest BCUT2D eigenvalue weighted by Crippen LogP contribution is -2.37. The summed E-state index contributed by atoms with van der Waals surface area (Å²) in [6.45, 7) is 4.14. The number of sulfonamides is 1. The van der Waals surface area contributed by atoms with Gasteiger partial charge in [0.15, 0.2) is 0 Å². The first kappa shape index (κ1) is 16.4. The van der Waals surface area contributed by atoms with Crippen LogP contribution in [-0.4, -0.2) is 34.0 Å². The number of piperidine rings is 1. The SMILES string of the molecule is CC(=O)NCc1ccc(S(=O)(=O)NCC2CCCNC2)s1. The molecule has 0 radical (unpaired) electrons. The molecule has 0 spiro atoms. The van der Waals surface area contributed by atoms with Gasteiger partial charge in [0.1, 0.15) is 4.21 Å².